The molecule has 0 amide bonds. The SMILES string of the molecule is CC1Oc2cc(O)c(C(C)(C)C)cc2C(O)C1n1ccnc1. The minimum absolute atomic E-state index is 0.201. The fourth-order valence-electron chi connectivity index (χ4n) is 3.08. The summed E-state index contributed by atoms with van der Waals surface area (Å²) in [5.41, 5.74) is 1.29. The predicted octanol–water partition coefficient (Wildman–Crippen LogP) is 2.94. The Morgan fingerprint density at radius 3 is 2.59 bits per heavy atom. The van der Waals surface area contributed by atoms with Gasteiger partial charge >= 0.3 is 0 Å². The second kappa shape index (κ2) is 5.02. The van der Waals surface area contributed by atoms with E-state index in [1.807, 2.05) is 44.5 Å². The summed E-state index contributed by atoms with van der Waals surface area (Å²) in [5.74, 6) is 0.744. The van der Waals surface area contributed by atoms with Crippen LogP contribution in [0.15, 0.2) is 30.9 Å². The summed E-state index contributed by atoms with van der Waals surface area (Å²) < 4.78 is 7.78. The van der Waals surface area contributed by atoms with Gasteiger partial charge in [-0.05, 0) is 24.0 Å². The standard InChI is InChI=1S/C17H22N2O3/c1-10-15(19-6-5-18-9-19)16(21)11-7-12(17(2,3)4)13(20)8-14(11)22-10/h5-10,15-16,20-21H,1-4H3. The van der Waals surface area contributed by atoms with E-state index in [-0.39, 0.29) is 23.3 Å². The van der Waals surface area contributed by atoms with E-state index in [0.29, 0.717) is 11.3 Å². The van der Waals surface area contributed by atoms with Crippen LogP contribution in [0.3, 0.4) is 0 Å². The molecule has 3 unspecified atom stereocenters. The lowest BCUT2D eigenvalue weighted by molar-refractivity contribution is 0.0148. The number of imidazole rings is 1. The van der Waals surface area contributed by atoms with Gasteiger partial charge in [0.1, 0.15) is 29.7 Å². The van der Waals surface area contributed by atoms with E-state index in [1.165, 1.54) is 0 Å². The number of hydrogen-bond acceptors (Lipinski definition) is 4. The van der Waals surface area contributed by atoms with E-state index in [1.54, 1.807) is 18.6 Å². The average molecular weight is 302 g/mol. The van der Waals surface area contributed by atoms with E-state index < -0.39 is 6.10 Å². The Morgan fingerprint density at radius 1 is 1.27 bits per heavy atom. The van der Waals surface area contributed by atoms with Gasteiger partial charge in [0, 0.05) is 24.0 Å². The number of aliphatic hydroxyl groups excluding tert-OH is 1. The van der Waals surface area contributed by atoms with E-state index in [2.05, 4.69) is 4.98 Å². The number of phenols is 1. The Balaban J connectivity index is 2.09. The first-order valence-electron chi connectivity index (χ1n) is 7.48. The summed E-state index contributed by atoms with van der Waals surface area (Å²) in [4.78, 5) is 4.05. The average Bonchev–Trinajstić information content (AvgIpc) is 2.90. The fourth-order valence-corrected chi connectivity index (χ4v) is 3.08. The summed E-state index contributed by atoms with van der Waals surface area (Å²) in [6.45, 7) is 7.99. The molecule has 118 valence electrons. The summed E-state index contributed by atoms with van der Waals surface area (Å²) in [5, 5.41) is 21.1. The van der Waals surface area contributed by atoms with Crippen molar-refractivity contribution in [3.8, 4) is 11.5 Å². The van der Waals surface area contributed by atoms with Crippen LogP contribution in [0.1, 0.15) is 51.0 Å². The van der Waals surface area contributed by atoms with Gasteiger partial charge in [0.2, 0.25) is 0 Å². The Kier molecular flexibility index (Phi) is 3.40. The van der Waals surface area contributed by atoms with Crippen LogP contribution in [0, 0.1) is 0 Å². The number of hydrogen-bond donors (Lipinski definition) is 2. The quantitative estimate of drug-likeness (QED) is 0.850. The van der Waals surface area contributed by atoms with Gasteiger partial charge in [-0.3, -0.25) is 0 Å². The number of aliphatic hydroxyl groups is 1. The number of fused-ring (bicyclic) bond motifs is 1. The third-order valence-electron chi connectivity index (χ3n) is 4.24. The van der Waals surface area contributed by atoms with Gasteiger partial charge in [0.25, 0.3) is 0 Å². The Labute approximate surface area is 130 Å². The first-order chi connectivity index (χ1) is 10.3. The topological polar surface area (TPSA) is 67.5 Å². The highest BCUT2D eigenvalue weighted by molar-refractivity contribution is 5.50. The monoisotopic (exact) mass is 302 g/mol. The zero-order valence-corrected chi connectivity index (χ0v) is 13.3. The van der Waals surface area contributed by atoms with Crippen LogP contribution in [0.2, 0.25) is 0 Å². The number of aromatic hydroxyl groups is 1. The van der Waals surface area contributed by atoms with Gasteiger partial charge in [0.15, 0.2) is 0 Å². The molecule has 0 radical (unpaired) electrons. The second-order valence-corrected chi connectivity index (χ2v) is 6.93. The van der Waals surface area contributed by atoms with Crippen LogP contribution in [0.4, 0.5) is 0 Å². The molecule has 5 heteroatoms. The molecule has 1 aromatic heterocycles. The lowest BCUT2D eigenvalue weighted by atomic mass is 9.83. The summed E-state index contributed by atoms with van der Waals surface area (Å²) in [6.07, 6.45) is 4.26. The summed E-state index contributed by atoms with van der Waals surface area (Å²) in [7, 11) is 0. The molecule has 2 heterocycles. The number of nitrogens with zero attached hydrogens (tertiary/aromatic N) is 2. The third-order valence-corrected chi connectivity index (χ3v) is 4.24. The second-order valence-electron chi connectivity index (χ2n) is 6.93. The van der Waals surface area contributed by atoms with Crippen LogP contribution < -0.4 is 4.74 Å². The van der Waals surface area contributed by atoms with Crippen molar-refractivity contribution < 1.29 is 14.9 Å². The summed E-state index contributed by atoms with van der Waals surface area (Å²) >= 11 is 0. The first kappa shape index (κ1) is 14.9. The van der Waals surface area contributed by atoms with Crippen molar-refractivity contribution >= 4 is 0 Å². The molecule has 1 aliphatic rings. The number of rotatable bonds is 1. The molecule has 22 heavy (non-hydrogen) atoms. The van der Waals surface area contributed by atoms with Gasteiger partial charge in [-0.2, -0.15) is 0 Å². The number of ether oxygens (including phenoxy) is 1. The first-order valence-corrected chi connectivity index (χ1v) is 7.48. The maximum Gasteiger partial charge on any atom is 0.129 e. The molecule has 0 saturated carbocycles. The Morgan fingerprint density at radius 2 is 2.00 bits per heavy atom. The molecule has 0 saturated heterocycles. The molecule has 5 nitrogen and oxygen atoms in total. The van der Waals surface area contributed by atoms with Gasteiger partial charge in [-0.1, -0.05) is 20.8 Å². The molecule has 0 bridgehead atoms. The Bertz CT molecular complexity index is 674. The molecule has 0 aliphatic carbocycles. The number of phenolic OH excluding ortho intramolecular Hbond substituents is 1. The normalized spacial score (nSPS) is 24.7. The van der Waals surface area contributed by atoms with Crippen molar-refractivity contribution in [3.63, 3.8) is 0 Å². The van der Waals surface area contributed by atoms with E-state index in [0.717, 1.165) is 5.56 Å². The van der Waals surface area contributed by atoms with Crippen LogP contribution in [0.25, 0.3) is 0 Å². The van der Waals surface area contributed by atoms with E-state index in [4.69, 9.17) is 4.74 Å². The van der Waals surface area contributed by atoms with E-state index in [9.17, 15) is 10.2 Å². The van der Waals surface area contributed by atoms with Gasteiger partial charge < -0.3 is 19.5 Å². The van der Waals surface area contributed by atoms with Crippen LogP contribution in [-0.2, 0) is 5.41 Å². The molecule has 2 N–H and O–H groups in total. The van der Waals surface area contributed by atoms with E-state index >= 15 is 0 Å². The highest BCUT2D eigenvalue weighted by atomic mass is 16.5. The predicted molar refractivity (Wildman–Crippen MR) is 83.1 cm³/mol. The zero-order chi connectivity index (χ0) is 16.1. The molecular formula is C17H22N2O3. The molecule has 1 aromatic carbocycles. The highest BCUT2D eigenvalue weighted by Gasteiger charge is 2.37. The van der Waals surface area contributed by atoms with Gasteiger partial charge in [0.05, 0.1) is 6.33 Å². The van der Waals surface area contributed by atoms with Crippen LogP contribution in [-0.4, -0.2) is 25.9 Å². The molecule has 3 atom stereocenters. The van der Waals surface area contributed by atoms with Crippen molar-refractivity contribution in [1.82, 2.24) is 9.55 Å². The van der Waals surface area contributed by atoms with Crippen molar-refractivity contribution in [2.45, 2.75) is 51.4 Å². The zero-order valence-electron chi connectivity index (χ0n) is 13.3. The van der Waals surface area contributed by atoms with Crippen molar-refractivity contribution in [3.05, 3.63) is 42.0 Å². The molecular weight excluding hydrogens is 280 g/mol. The largest absolute Gasteiger partial charge is 0.508 e. The third kappa shape index (κ3) is 2.35. The number of benzene rings is 1. The lowest BCUT2D eigenvalue weighted by Gasteiger charge is -2.37. The number of aromatic nitrogens is 2. The molecule has 1 aliphatic heterocycles. The highest BCUT2D eigenvalue weighted by Crippen LogP contribution is 2.45. The maximum absolute atomic E-state index is 10.8. The molecule has 0 fully saturated rings. The molecule has 3 rings (SSSR count). The minimum Gasteiger partial charge on any atom is -0.508 e. The molecule has 0 spiro atoms. The van der Waals surface area contributed by atoms with Crippen LogP contribution in [0.5, 0.6) is 11.5 Å². The van der Waals surface area contributed by atoms with Crippen molar-refractivity contribution in [2.75, 3.05) is 0 Å². The van der Waals surface area contributed by atoms with Crippen molar-refractivity contribution in [2.24, 2.45) is 0 Å². The van der Waals surface area contributed by atoms with Gasteiger partial charge in [-0.25, -0.2) is 4.98 Å². The van der Waals surface area contributed by atoms with Gasteiger partial charge in [-0.15, -0.1) is 0 Å². The van der Waals surface area contributed by atoms with Crippen LogP contribution >= 0.6 is 0 Å². The smallest absolute Gasteiger partial charge is 0.129 e. The molecule has 2 aromatic rings. The maximum atomic E-state index is 10.8. The lowest BCUT2D eigenvalue weighted by Crippen LogP contribution is -2.35. The Hall–Kier alpha value is -2.01. The van der Waals surface area contributed by atoms with Crippen molar-refractivity contribution in [1.29, 1.82) is 0 Å². The fraction of sp³-hybridized carbons (Fsp3) is 0.471. The summed E-state index contributed by atoms with van der Waals surface area (Å²) in [6, 6.07) is 3.22. The minimum atomic E-state index is -0.713.